The maximum absolute atomic E-state index is 13.7. The standard InChI is InChI=1S/C29H40FN5O/c1-20(2)35-14-9-24(10-15-35)31-29-25-19-27(36-3)21(8-4-5-11-34-12-6-7-13-34)18-26(25)32-28(33-29)22-16-23(30)17-22/h18-20,22-24H,5-7,9-17H2,1-3H3,(H,31,32,33). The molecule has 1 aromatic heterocycles. The molecule has 0 radical (unpaired) electrons. The van der Waals surface area contributed by atoms with Gasteiger partial charge in [-0.3, -0.25) is 0 Å². The normalized spacial score (nSPS) is 23.5. The molecule has 0 unspecified atom stereocenters. The molecule has 7 heteroatoms. The second kappa shape index (κ2) is 11.3. The lowest BCUT2D eigenvalue weighted by atomic mass is 9.83. The predicted molar refractivity (Wildman–Crippen MR) is 143 cm³/mol. The van der Waals surface area contributed by atoms with E-state index in [1.54, 1.807) is 7.11 Å². The molecule has 2 saturated heterocycles. The van der Waals surface area contributed by atoms with Crippen LogP contribution in [0.3, 0.4) is 0 Å². The number of hydrogen-bond donors (Lipinski definition) is 1. The van der Waals surface area contributed by atoms with Gasteiger partial charge in [-0.1, -0.05) is 11.8 Å². The fraction of sp³-hybridized carbons (Fsp3) is 0.655. The third-order valence-electron chi connectivity index (χ3n) is 8.06. The molecule has 0 atom stereocenters. The molecule has 1 aromatic carbocycles. The topological polar surface area (TPSA) is 53.5 Å². The Morgan fingerprint density at radius 2 is 1.86 bits per heavy atom. The fourth-order valence-electron chi connectivity index (χ4n) is 5.62. The van der Waals surface area contributed by atoms with Crippen molar-refractivity contribution in [3.63, 3.8) is 0 Å². The molecule has 0 bridgehead atoms. The first-order chi connectivity index (χ1) is 17.5. The molecule has 0 amide bonds. The number of ether oxygens (including phenoxy) is 1. The number of benzene rings is 1. The zero-order valence-electron chi connectivity index (χ0n) is 22.0. The van der Waals surface area contributed by atoms with E-state index in [0.29, 0.717) is 24.9 Å². The number of hydrogen-bond acceptors (Lipinski definition) is 6. The van der Waals surface area contributed by atoms with Gasteiger partial charge in [0.2, 0.25) is 0 Å². The van der Waals surface area contributed by atoms with E-state index in [-0.39, 0.29) is 5.92 Å². The first-order valence-electron chi connectivity index (χ1n) is 13.8. The first-order valence-corrected chi connectivity index (χ1v) is 13.8. The lowest BCUT2D eigenvalue weighted by Crippen LogP contribution is -2.42. The van der Waals surface area contributed by atoms with E-state index in [1.807, 2.05) is 12.1 Å². The summed E-state index contributed by atoms with van der Waals surface area (Å²) in [6.07, 6.45) is 5.88. The van der Waals surface area contributed by atoms with Crippen molar-refractivity contribution in [2.75, 3.05) is 45.2 Å². The minimum Gasteiger partial charge on any atom is -0.495 e. The van der Waals surface area contributed by atoms with E-state index in [2.05, 4.69) is 40.8 Å². The Balaban J connectivity index is 1.41. The highest BCUT2D eigenvalue weighted by molar-refractivity contribution is 5.92. The lowest BCUT2D eigenvalue weighted by Gasteiger charge is -2.35. The summed E-state index contributed by atoms with van der Waals surface area (Å²) in [5.41, 5.74) is 1.71. The Labute approximate surface area is 215 Å². The first kappa shape index (κ1) is 25.2. The van der Waals surface area contributed by atoms with Crippen molar-refractivity contribution in [1.82, 2.24) is 19.8 Å². The average Bonchev–Trinajstić information content (AvgIpc) is 3.38. The van der Waals surface area contributed by atoms with Crippen LogP contribution in [-0.4, -0.2) is 77.9 Å². The van der Waals surface area contributed by atoms with Gasteiger partial charge in [0.05, 0.1) is 18.2 Å². The second-order valence-electron chi connectivity index (χ2n) is 10.9. The lowest BCUT2D eigenvalue weighted by molar-refractivity contribution is 0.173. The van der Waals surface area contributed by atoms with Crippen molar-refractivity contribution in [2.24, 2.45) is 0 Å². The van der Waals surface area contributed by atoms with Gasteiger partial charge < -0.3 is 19.9 Å². The van der Waals surface area contributed by atoms with E-state index >= 15 is 0 Å². The minimum absolute atomic E-state index is 0.0878. The van der Waals surface area contributed by atoms with Crippen LogP contribution in [-0.2, 0) is 0 Å². The molecule has 194 valence electrons. The number of fused-ring (bicyclic) bond motifs is 1. The zero-order chi connectivity index (χ0) is 25.1. The molecule has 2 aliphatic heterocycles. The van der Waals surface area contributed by atoms with Gasteiger partial charge in [-0.15, -0.1) is 0 Å². The van der Waals surface area contributed by atoms with E-state index < -0.39 is 6.17 Å². The van der Waals surface area contributed by atoms with Gasteiger partial charge in [0.25, 0.3) is 0 Å². The Bertz CT molecular complexity index is 1110. The molecule has 36 heavy (non-hydrogen) atoms. The number of aromatic nitrogens is 2. The third-order valence-corrected chi connectivity index (χ3v) is 8.06. The van der Waals surface area contributed by atoms with Crippen LogP contribution in [0.2, 0.25) is 0 Å². The Morgan fingerprint density at radius 1 is 1.11 bits per heavy atom. The maximum atomic E-state index is 13.7. The molecule has 6 nitrogen and oxygen atoms in total. The number of halogens is 1. The summed E-state index contributed by atoms with van der Waals surface area (Å²) in [5, 5.41) is 4.67. The number of nitrogens with zero attached hydrogens (tertiary/aromatic N) is 4. The van der Waals surface area contributed by atoms with Crippen LogP contribution in [0.25, 0.3) is 10.9 Å². The predicted octanol–water partition coefficient (Wildman–Crippen LogP) is 4.98. The SMILES string of the molecule is COc1cc2c(NC3CCN(C(C)C)CC3)nc(C3CC(F)C3)nc2cc1C#CCCN1CCCC1. The summed E-state index contributed by atoms with van der Waals surface area (Å²) in [7, 11) is 1.69. The molecule has 0 spiro atoms. The van der Waals surface area contributed by atoms with Crippen LogP contribution >= 0.6 is 0 Å². The van der Waals surface area contributed by atoms with Gasteiger partial charge in [-0.25, -0.2) is 14.4 Å². The van der Waals surface area contributed by atoms with Gasteiger partial charge in [0.15, 0.2) is 0 Å². The number of likely N-dealkylation sites (tertiary alicyclic amines) is 2. The molecule has 3 fully saturated rings. The van der Waals surface area contributed by atoms with Crippen molar-refractivity contribution in [3.05, 3.63) is 23.5 Å². The number of rotatable bonds is 7. The Morgan fingerprint density at radius 3 is 2.53 bits per heavy atom. The second-order valence-corrected chi connectivity index (χ2v) is 10.9. The zero-order valence-corrected chi connectivity index (χ0v) is 22.0. The van der Waals surface area contributed by atoms with Gasteiger partial charge >= 0.3 is 0 Å². The van der Waals surface area contributed by atoms with Gasteiger partial charge in [0, 0.05) is 49.4 Å². The number of anilines is 1. The van der Waals surface area contributed by atoms with Crippen molar-refractivity contribution in [2.45, 2.75) is 83.0 Å². The van der Waals surface area contributed by atoms with Crippen molar-refractivity contribution in [1.29, 1.82) is 0 Å². The van der Waals surface area contributed by atoms with Crippen molar-refractivity contribution in [3.8, 4) is 17.6 Å². The Hall–Kier alpha value is -2.43. The number of methoxy groups -OCH3 is 1. The molecule has 1 saturated carbocycles. The molecule has 5 rings (SSSR count). The van der Waals surface area contributed by atoms with Crippen LogP contribution < -0.4 is 10.1 Å². The summed E-state index contributed by atoms with van der Waals surface area (Å²) < 4.78 is 19.4. The maximum Gasteiger partial charge on any atom is 0.138 e. The third kappa shape index (κ3) is 5.76. The number of piperidine rings is 1. The fourth-order valence-corrected chi connectivity index (χ4v) is 5.62. The van der Waals surface area contributed by atoms with Gasteiger partial charge in [-0.05, 0) is 77.6 Å². The summed E-state index contributed by atoms with van der Waals surface area (Å²) in [5.74, 6) is 9.10. The van der Waals surface area contributed by atoms with Gasteiger partial charge in [0.1, 0.15) is 23.6 Å². The minimum atomic E-state index is -0.737. The largest absolute Gasteiger partial charge is 0.495 e. The van der Waals surface area contributed by atoms with Crippen LogP contribution in [0.15, 0.2) is 12.1 Å². The molecule has 3 heterocycles. The highest BCUT2D eigenvalue weighted by Gasteiger charge is 2.33. The average molecular weight is 494 g/mol. The highest BCUT2D eigenvalue weighted by atomic mass is 19.1. The monoisotopic (exact) mass is 493 g/mol. The molecular weight excluding hydrogens is 453 g/mol. The Kier molecular flexibility index (Phi) is 7.93. The molecular formula is C29H40FN5O. The summed E-state index contributed by atoms with van der Waals surface area (Å²) in [6.45, 7) is 10.1. The van der Waals surface area contributed by atoms with Crippen LogP contribution in [0.5, 0.6) is 5.75 Å². The quantitative estimate of drug-likeness (QED) is 0.550. The van der Waals surface area contributed by atoms with E-state index in [9.17, 15) is 4.39 Å². The van der Waals surface area contributed by atoms with E-state index in [1.165, 1.54) is 25.9 Å². The molecule has 2 aromatic rings. The van der Waals surface area contributed by atoms with Crippen molar-refractivity contribution >= 4 is 16.7 Å². The smallest absolute Gasteiger partial charge is 0.138 e. The van der Waals surface area contributed by atoms with E-state index in [0.717, 1.165) is 72.8 Å². The van der Waals surface area contributed by atoms with Crippen LogP contribution in [0.4, 0.5) is 10.2 Å². The van der Waals surface area contributed by atoms with Crippen LogP contribution in [0.1, 0.15) is 76.1 Å². The molecule has 3 aliphatic rings. The summed E-state index contributed by atoms with van der Waals surface area (Å²) in [4.78, 5) is 14.8. The number of alkyl halides is 1. The molecule has 1 aliphatic carbocycles. The summed E-state index contributed by atoms with van der Waals surface area (Å²) >= 11 is 0. The number of nitrogens with one attached hydrogen (secondary N) is 1. The summed E-state index contributed by atoms with van der Waals surface area (Å²) in [6, 6.07) is 4.98. The van der Waals surface area contributed by atoms with Crippen molar-refractivity contribution < 1.29 is 9.13 Å². The van der Waals surface area contributed by atoms with Gasteiger partial charge in [-0.2, -0.15) is 0 Å². The highest BCUT2D eigenvalue weighted by Crippen LogP contribution is 2.39. The van der Waals surface area contributed by atoms with E-state index in [4.69, 9.17) is 14.7 Å². The molecule has 1 N–H and O–H groups in total. The van der Waals surface area contributed by atoms with Crippen LogP contribution in [0, 0.1) is 11.8 Å².